The minimum absolute atomic E-state index is 0.325. The Hall–Kier alpha value is -0.830. The first kappa shape index (κ1) is 13.2. The van der Waals surface area contributed by atoms with Crippen LogP contribution < -0.4 is 5.32 Å². The minimum Gasteiger partial charge on any atom is -0.338 e. The molecule has 3 nitrogen and oxygen atoms in total. The van der Waals surface area contributed by atoms with Crippen molar-refractivity contribution in [2.75, 3.05) is 6.54 Å². The first-order valence-corrected chi connectivity index (χ1v) is 6.38. The van der Waals surface area contributed by atoms with E-state index >= 15 is 0 Å². The van der Waals surface area contributed by atoms with Gasteiger partial charge in [0.15, 0.2) is 0 Å². The van der Waals surface area contributed by atoms with Crippen molar-refractivity contribution in [3.8, 4) is 0 Å². The smallest absolute Gasteiger partial charge is 0.109 e. The summed E-state index contributed by atoms with van der Waals surface area (Å²) in [5.74, 6) is 1.16. The van der Waals surface area contributed by atoms with E-state index in [2.05, 4.69) is 42.7 Å². The van der Waals surface area contributed by atoms with Gasteiger partial charge in [0.2, 0.25) is 0 Å². The molecule has 92 valence electrons. The topological polar surface area (TPSA) is 29.9 Å². The maximum Gasteiger partial charge on any atom is 0.109 e. The van der Waals surface area contributed by atoms with E-state index in [4.69, 9.17) is 0 Å². The monoisotopic (exact) mass is 223 g/mol. The van der Waals surface area contributed by atoms with Gasteiger partial charge in [-0.15, -0.1) is 0 Å². The summed E-state index contributed by atoms with van der Waals surface area (Å²) in [6, 6.07) is 0. The molecule has 0 saturated carbocycles. The molecule has 0 saturated heterocycles. The maximum atomic E-state index is 4.34. The molecule has 0 bridgehead atoms. The Morgan fingerprint density at radius 3 is 2.31 bits per heavy atom. The third kappa shape index (κ3) is 3.08. The second-order valence-electron chi connectivity index (χ2n) is 4.47. The summed E-state index contributed by atoms with van der Waals surface area (Å²) in [6.07, 6.45) is 8.46. The Morgan fingerprint density at radius 2 is 1.88 bits per heavy atom. The molecule has 1 rings (SSSR count). The Kier molecular flexibility index (Phi) is 5.00. The second-order valence-corrected chi connectivity index (χ2v) is 4.47. The lowest BCUT2D eigenvalue weighted by molar-refractivity contribution is 0.291. The summed E-state index contributed by atoms with van der Waals surface area (Å²) in [7, 11) is 2.05. The number of imidazole rings is 1. The number of hydrogen-bond acceptors (Lipinski definition) is 2. The van der Waals surface area contributed by atoms with Crippen LogP contribution in [0.25, 0.3) is 0 Å². The lowest BCUT2D eigenvalue weighted by atomic mass is 9.90. The molecule has 0 radical (unpaired) electrons. The van der Waals surface area contributed by atoms with Crippen LogP contribution in [0, 0.1) is 0 Å². The Labute approximate surface area is 99.3 Å². The fourth-order valence-electron chi connectivity index (χ4n) is 2.20. The van der Waals surface area contributed by atoms with Gasteiger partial charge < -0.3 is 9.88 Å². The first-order chi connectivity index (χ1) is 7.67. The fraction of sp³-hybridized carbons (Fsp3) is 0.769. The molecule has 16 heavy (non-hydrogen) atoms. The van der Waals surface area contributed by atoms with Crippen molar-refractivity contribution in [1.29, 1.82) is 0 Å². The van der Waals surface area contributed by atoms with Gasteiger partial charge in [-0.2, -0.15) is 0 Å². The van der Waals surface area contributed by atoms with Crippen molar-refractivity contribution in [3.05, 3.63) is 18.2 Å². The predicted molar refractivity (Wildman–Crippen MR) is 68.5 cm³/mol. The van der Waals surface area contributed by atoms with Crippen LogP contribution >= 0.6 is 0 Å². The van der Waals surface area contributed by atoms with E-state index in [1.807, 2.05) is 12.4 Å². The fourth-order valence-corrected chi connectivity index (χ4v) is 2.20. The quantitative estimate of drug-likeness (QED) is 0.770. The summed E-state index contributed by atoms with van der Waals surface area (Å²) in [4.78, 5) is 4.34. The van der Waals surface area contributed by atoms with E-state index in [1.165, 1.54) is 19.3 Å². The van der Waals surface area contributed by atoms with Crippen LogP contribution in [0.1, 0.15) is 45.9 Å². The highest BCUT2D eigenvalue weighted by Crippen LogP contribution is 2.18. The van der Waals surface area contributed by atoms with E-state index in [9.17, 15) is 0 Å². The van der Waals surface area contributed by atoms with Crippen molar-refractivity contribution in [2.45, 2.75) is 52.0 Å². The number of aromatic nitrogens is 2. The molecule has 0 aliphatic rings. The van der Waals surface area contributed by atoms with Gasteiger partial charge in [0, 0.05) is 37.9 Å². The summed E-state index contributed by atoms with van der Waals surface area (Å²) >= 11 is 0. The zero-order valence-corrected chi connectivity index (χ0v) is 11.1. The Morgan fingerprint density at radius 1 is 1.25 bits per heavy atom. The Balaban J connectivity index is 2.42. The molecule has 1 heterocycles. The van der Waals surface area contributed by atoms with Gasteiger partial charge in [-0.3, -0.25) is 0 Å². The SMILES string of the molecule is CCC(CC)(CC)NCCc1nccn1C. The highest BCUT2D eigenvalue weighted by atomic mass is 15.0. The highest BCUT2D eigenvalue weighted by Gasteiger charge is 2.22. The highest BCUT2D eigenvalue weighted by molar-refractivity contribution is 4.93. The number of rotatable bonds is 7. The van der Waals surface area contributed by atoms with Crippen LogP contribution in [-0.4, -0.2) is 21.6 Å². The molecule has 1 aromatic rings. The van der Waals surface area contributed by atoms with E-state index in [-0.39, 0.29) is 0 Å². The normalized spacial score (nSPS) is 12.0. The van der Waals surface area contributed by atoms with E-state index in [0.717, 1.165) is 18.8 Å². The maximum absolute atomic E-state index is 4.34. The van der Waals surface area contributed by atoms with Crippen molar-refractivity contribution in [2.24, 2.45) is 7.05 Å². The minimum atomic E-state index is 0.325. The molecular formula is C13H25N3. The predicted octanol–water partition coefficient (Wildman–Crippen LogP) is 2.52. The molecule has 0 aromatic carbocycles. The lowest BCUT2D eigenvalue weighted by Gasteiger charge is -2.32. The molecule has 3 heteroatoms. The summed E-state index contributed by atoms with van der Waals surface area (Å²) in [5, 5.41) is 3.69. The van der Waals surface area contributed by atoms with Gasteiger partial charge in [-0.1, -0.05) is 20.8 Å². The molecule has 0 atom stereocenters. The molecule has 0 spiro atoms. The van der Waals surface area contributed by atoms with E-state index < -0.39 is 0 Å². The van der Waals surface area contributed by atoms with Crippen molar-refractivity contribution < 1.29 is 0 Å². The summed E-state index contributed by atoms with van der Waals surface area (Å²) in [6.45, 7) is 7.81. The van der Waals surface area contributed by atoms with Crippen LogP contribution in [0.15, 0.2) is 12.4 Å². The molecular weight excluding hydrogens is 198 g/mol. The van der Waals surface area contributed by atoms with E-state index in [0.29, 0.717) is 5.54 Å². The number of nitrogens with zero attached hydrogens (tertiary/aromatic N) is 2. The average molecular weight is 223 g/mol. The largest absolute Gasteiger partial charge is 0.338 e. The average Bonchev–Trinajstić information content (AvgIpc) is 2.71. The standard InChI is InChI=1S/C13H25N3/c1-5-13(6-2,7-3)15-9-8-12-14-10-11-16(12)4/h10-11,15H,5-9H2,1-4H3. The zero-order valence-electron chi connectivity index (χ0n) is 11.1. The third-order valence-electron chi connectivity index (χ3n) is 3.80. The van der Waals surface area contributed by atoms with Crippen molar-refractivity contribution in [1.82, 2.24) is 14.9 Å². The van der Waals surface area contributed by atoms with Gasteiger partial charge in [0.25, 0.3) is 0 Å². The summed E-state index contributed by atoms with van der Waals surface area (Å²) < 4.78 is 2.09. The van der Waals surface area contributed by atoms with E-state index in [1.54, 1.807) is 0 Å². The van der Waals surface area contributed by atoms with Crippen LogP contribution in [0.5, 0.6) is 0 Å². The number of hydrogen-bond donors (Lipinski definition) is 1. The molecule has 1 aromatic heterocycles. The number of aryl methyl sites for hydroxylation is 1. The van der Waals surface area contributed by atoms with Crippen LogP contribution in [0.3, 0.4) is 0 Å². The summed E-state index contributed by atoms with van der Waals surface area (Å²) in [5.41, 5.74) is 0.325. The van der Waals surface area contributed by atoms with Crippen LogP contribution in [0.2, 0.25) is 0 Å². The van der Waals surface area contributed by atoms with Crippen molar-refractivity contribution >= 4 is 0 Å². The number of nitrogens with one attached hydrogen (secondary N) is 1. The van der Waals surface area contributed by atoms with Crippen LogP contribution in [-0.2, 0) is 13.5 Å². The molecule has 0 aliphatic heterocycles. The Bertz CT molecular complexity index is 292. The van der Waals surface area contributed by atoms with Gasteiger partial charge in [0.05, 0.1) is 0 Å². The van der Waals surface area contributed by atoms with Gasteiger partial charge in [0.1, 0.15) is 5.82 Å². The van der Waals surface area contributed by atoms with Gasteiger partial charge in [-0.05, 0) is 19.3 Å². The molecule has 0 aliphatic carbocycles. The van der Waals surface area contributed by atoms with Crippen molar-refractivity contribution in [3.63, 3.8) is 0 Å². The van der Waals surface area contributed by atoms with Crippen LogP contribution in [0.4, 0.5) is 0 Å². The third-order valence-corrected chi connectivity index (χ3v) is 3.80. The lowest BCUT2D eigenvalue weighted by Crippen LogP contribution is -2.44. The zero-order chi connectivity index (χ0) is 12.0. The second kappa shape index (κ2) is 6.04. The molecule has 0 amide bonds. The van der Waals surface area contributed by atoms with Gasteiger partial charge in [-0.25, -0.2) is 4.98 Å². The first-order valence-electron chi connectivity index (χ1n) is 6.38. The molecule has 1 N–H and O–H groups in total. The molecule has 0 fully saturated rings. The molecule has 0 unspecified atom stereocenters. The van der Waals surface area contributed by atoms with Gasteiger partial charge >= 0.3 is 0 Å².